The molecule has 1 aromatic heterocycles. The van der Waals surface area contributed by atoms with Gasteiger partial charge in [0.15, 0.2) is 0 Å². The minimum absolute atomic E-state index is 0.647. The van der Waals surface area contributed by atoms with Crippen LogP contribution in [0.5, 0.6) is 5.75 Å². The number of nitrogen functional groups attached to an aromatic ring is 1. The Hall–Kier alpha value is -1.52. The van der Waals surface area contributed by atoms with Gasteiger partial charge >= 0.3 is 0 Å². The molecule has 0 unspecified atom stereocenters. The summed E-state index contributed by atoms with van der Waals surface area (Å²) in [6.45, 7) is 0. The number of aryl methyl sites for hydroxylation is 1. The third kappa shape index (κ3) is 2.09. The van der Waals surface area contributed by atoms with E-state index in [0.717, 1.165) is 47.3 Å². The number of methoxy groups -OCH3 is 1. The number of rotatable bonds is 2. The fraction of sp³-hybridized carbons (Fsp3) is 0.400. The molecule has 0 aliphatic heterocycles. The van der Waals surface area contributed by atoms with Crippen LogP contribution in [0, 0.1) is 0 Å². The number of hydrogen-bond acceptors (Lipinski definition) is 4. The molecular formula is C15H18ClN3O. The van der Waals surface area contributed by atoms with Gasteiger partial charge in [0.1, 0.15) is 11.3 Å². The molecule has 0 saturated heterocycles. The molecule has 1 aromatic carbocycles. The molecule has 0 fully saturated rings. The normalized spacial score (nSPS) is 14.8. The molecule has 0 bridgehead atoms. The maximum Gasteiger partial charge on any atom is 0.145 e. The second kappa shape index (κ2) is 5.46. The number of nitrogens with zero attached hydrogens (tertiary/aromatic N) is 1. The van der Waals surface area contributed by atoms with E-state index in [9.17, 15) is 0 Å². The van der Waals surface area contributed by atoms with Gasteiger partial charge in [-0.25, -0.2) is 4.98 Å². The van der Waals surface area contributed by atoms with E-state index in [4.69, 9.17) is 27.2 Å². The average Bonchev–Trinajstić information content (AvgIpc) is 2.70. The third-order valence-corrected chi connectivity index (χ3v) is 4.26. The summed E-state index contributed by atoms with van der Waals surface area (Å²) >= 11 is 6.36. The largest absolute Gasteiger partial charge is 0.494 e. The van der Waals surface area contributed by atoms with Gasteiger partial charge in [-0.1, -0.05) is 18.0 Å². The van der Waals surface area contributed by atoms with Gasteiger partial charge in [0.25, 0.3) is 0 Å². The maximum atomic E-state index is 6.36. The van der Waals surface area contributed by atoms with Gasteiger partial charge in [-0.05, 0) is 43.4 Å². The van der Waals surface area contributed by atoms with Crippen molar-refractivity contribution in [3.05, 3.63) is 28.4 Å². The molecule has 0 amide bonds. The fourth-order valence-corrected chi connectivity index (χ4v) is 3.21. The van der Waals surface area contributed by atoms with Crippen LogP contribution in [0.3, 0.4) is 0 Å². The Morgan fingerprint density at radius 2 is 2.05 bits per heavy atom. The summed E-state index contributed by atoms with van der Waals surface area (Å²) in [5.74, 6) is 6.50. The number of benzene rings is 1. The molecule has 0 radical (unpaired) electrons. The van der Waals surface area contributed by atoms with Crippen LogP contribution in [0.4, 0.5) is 5.69 Å². The first-order valence-corrected chi connectivity index (χ1v) is 7.28. The molecule has 3 N–H and O–H groups in total. The fourth-order valence-electron chi connectivity index (χ4n) is 2.96. The summed E-state index contributed by atoms with van der Waals surface area (Å²) in [6.07, 6.45) is 5.53. The lowest BCUT2D eigenvalue weighted by Gasteiger charge is -2.17. The van der Waals surface area contributed by atoms with Crippen LogP contribution in [-0.4, -0.2) is 12.1 Å². The number of ether oxygens (including phenoxy) is 1. The highest BCUT2D eigenvalue weighted by Gasteiger charge is 2.20. The molecule has 2 aromatic rings. The molecule has 4 nitrogen and oxygen atoms in total. The SMILES string of the molecule is COc1ccc(Cl)c2c(NN)c3c(nc12)CCCCC3. The predicted octanol–water partition coefficient (Wildman–Crippen LogP) is 3.45. The standard InChI is InChI=1S/C15H18ClN3O/c1-20-12-8-7-10(16)13-14(19-17)9-5-3-2-4-6-11(9)18-15(12)13/h7-8H,2-6,17H2,1H3,(H,18,19). The van der Waals surface area contributed by atoms with Gasteiger partial charge < -0.3 is 10.2 Å². The Morgan fingerprint density at radius 1 is 1.25 bits per heavy atom. The van der Waals surface area contributed by atoms with E-state index >= 15 is 0 Å². The zero-order valence-electron chi connectivity index (χ0n) is 11.5. The predicted molar refractivity (Wildman–Crippen MR) is 82.4 cm³/mol. The van der Waals surface area contributed by atoms with Gasteiger partial charge in [-0.2, -0.15) is 0 Å². The molecule has 5 heteroatoms. The minimum Gasteiger partial charge on any atom is -0.494 e. The Labute approximate surface area is 123 Å². The van der Waals surface area contributed by atoms with Crippen molar-refractivity contribution in [3.8, 4) is 5.75 Å². The molecule has 0 atom stereocenters. The number of fused-ring (bicyclic) bond motifs is 2. The number of halogens is 1. The van der Waals surface area contributed by atoms with Gasteiger partial charge in [0, 0.05) is 11.1 Å². The van der Waals surface area contributed by atoms with Crippen LogP contribution in [-0.2, 0) is 12.8 Å². The van der Waals surface area contributed by atoms with Crippen molar-refractivity contribution in [2.45, 2.75) is 32.1 Å². The summed E-state index contributed by atoms with van der Waals surface area (Å²) in [6, 6.07) is 3.68. The highest BCUT2D eigenvalue weighted by atomic mass is 35.5. The van der Waals surface area contributed by atoms with E-state index in [0.29, 0.717) is 5.02 Å². The monoisotopic (exact) mass is 291 g/mol. The quantitative estimate of drug-likeness (QED) is 0.505. The van der Waals surface area contributed by atoms with Crippen molar-refractivity contribution < 1.29 is 4.74 Å². The zero-order valence-corrected chi connectivity index (χ0v) is 12.3. The number of nitrogens with one attached hydrogen (secondary N) is 1. The Kier molecular flexibility index (Phi) is 3.68. The van der Waals surface area contributed by atoms with Crippen LogP contribution in [0.15, 0.2) is 12.1 Å². The van der Waals surface area contributed by atoms with Crippen LogP contribution >= 0.6 is 11.6 Å². The molecule has 1 aliphatic rings. The van der Waals surface area contributed by atoms with E-state index in [2.05, 4.69) is 5.43 Å². The van der Waals surface area contributed by atoms with E-state index in [1.807, 2.05) is 12.1 Å². The van der Waals surface area contributed by atoms with E-state index in [1.165, 1.54) is 18.4 Å². The highest BCUT2D eigenvalue weighted by Crippen LogP contribution is 2.39. The molecule has 20 heavy (non-hydrogen) atoms. The van der Waals surface area contributed by atoms with Gasteiger partial charge in [0.2, 0.25) is 0 Å². The van der Waals surface area contributed by atoms with Crippen molar-refractivity contribution in [1.29, 1.82) is 0 Å². The third-order valence-electron chi connectivity index (χ3n) is 3.94. The number of aromatic nitrogens is 1. The number of anilines is 1. The average molecular weight is 292 g/mol. The van der Waals surface area contributed by atoms with E-state index in [-0.39, 0.29) is 0 Å². The summed E-state index contributed by atoms with van der Waals surface area (Å²) in [5, 5.41) is 1.50. The van der Waals surface area contributed by atoms with Crippen LogP contribution < -0.4 is 16.0 Å². The zero-order chi connectivity index (χ0) is 14.1. The summed E-state index contributed by atoms with van der Waals surface area (Å²) < 4.78 is 5.41. The highest BCUT2D eigenvalue weighted by molar-refractivity contribution is 6.36. The second-order valence-electron chi connectivity index (χ2n) is 5.09. The van der Waals surface area contributed by atoms with Crippen LogP contribution in [0.1, 0.15) is 30.5 Å². The molecule has 0 spiro atoms. The van der Waals surface area contributed by atoms with Crippen molar-refractivity contribution >= 4 is 28.2 Å². The molecule has 1 heterocycles. The lowest BCUT2D eigenvalue weighted by atomic mass is 10.0. The first kappa shape index (κ1) is 13.5. The van der Waals surface area contributed by atoms with Crippen molar-refractivity contribution in [1.82, 2.24) is 4.98 Å². The first-order chi connectivity index (χ1) is 9.76. The van der Waals surface area contributed by atoms with Crippen molar-refractivity contribution in [3.63, 3.8) is 0 Å². The van der Waals surface area contributed by atoms with E-state index in [1.54, 1.807) is 7.11 Å². The molecule has 3 rings (SSSR count). The first-order valence-electron chi connectivity index (χ1n) is 6.91. The van der Waals surface area contributed by atoms with Crippen LogP contribution in [0.2, 0.25) is 5.02 Å². The van der Waals surface area contributed by atoms with Gasteiger partial charge in [-0.3, -0.25) is 5.84 Å². The Bertz CT molecular complexity index is 657. The smallest absolute Gasteiger partial charge is 0.145 e. The van der Waals surface area contributed by atoms with E-state index < -0.39 is 0 Å². The lowest BCUT2D eigenvalue weighted by molar-refractivity contribution is 0.419. The Balaban J connectivity index is 2.38. The summed E-state index contributed by atoms with van der Waals surface area (Å²) in [7, 11) is 1.64. The lowest BCUT2D eigenvalue weighted by Crippen LogP contribution is -2.12. The number of hydrazine groups is 1. The molecular weight excluding hydrogens is 274 g/mol. The van der Waals surface area contributed by atoms with Crippen molar-refractivity contribution in [2.75, 3.05) is 12.5 Å². The summed E-state index contributed by atoms with van der Waals surface area (Å²) in [4.78, 5) is 4.81. The van der Waals surface area contributed by atoms with Gasteiger partial charge in [-0.15, -0.1) is 0 Å². The number of pyridine rings is 1. The van der Waals surface area contributed by atoms with Gasteiger partial charge in [0.05, 0.1) is 17.8 Å². The molecule has 106 valence electrons. The second-order valence-corrected chi connectivity index (χ2v) is 5.50. The number of nitrogens with two attached hydrogens (primary N) is 1. The van der Waals surface area contributed by atoms with Crippen molar-refractivity contribution in [2.24, 2.45) is 5.84 Å². The maximum absolute atomic E-state index is 6.36. The molecule has 0 saturated carbocycles. The van der Waals surface area contributed by atoms with Crippen LogP contribution in [0.25, 0.3) is 10.9 Å². The summed E-state index contributed by atoms with van der Waals surface area (Å²) in [5.41, 5.74) is 6.84. The topological polar surface area (TPSA) is 60.2 Å². The number of hydrogen-bond donors (Lipinski definition) is 2. The minimum atomic E-state index is 0.647. The Morgan fingerprint density at radius 3 is 2.80 bits per heavy atom. The molecule has 1 aliphatic carbocycles.